The number of rotatable bonds is 1. The van der Waals surface area contributed by atoms with Crippen LogP contribution in [0.3, 0.4) is 0 Å². The third-order valence-electron chi connectivity index (χ3n) is 2.06. The molecule has 1 atom stereocenters. The molecule has 64 valence electrons. The van der Waals surface area contributed by atoms with Gasteiger partial charge in [-0.3, -0.25) is 0 Å². The lowest BCUT2D eigenvalue weighted by molar-refractivity contribution is 0.750. The molecule has 2 heterocycles. The van der Waals surface area contributed by atoms with Crippen LogP contribution in [0.4, 0.5) is 5.95 Å². The lowest BCUT2D eigenvalue weighted by Crippen LogP contribution is -2.27. The van der Waals surface area contributed by atoms with E-state index in [0.717, 1.165) is 25.5 Å². The van der Waals surface area contributed by atoms with Crippen molar-refractivity contribution in [2.45, 2.75) is 12.5 Å². The summed E-state index contributed by atoms with van der Waals surface area (Å²) in [6.45, 7) is 1.86. The van der Waals surface area contributed by atoms with E-state index in [-0.39, 0.29) is 6.04 Å². The fourth-order valence-corrected chi connectivity index (χ4v) is 1.42. The van der Waals surface area contributed by atoms with Gasteiger partial charge in [0.1, 0.15) is 0 Å². The van der Waals surface area contributed by atoms with Gasteiger partial charge in [-0.05, 0) is 12.5 Å². The summed E-state index contributed by atoms with van der Waals surface area (Å²) in [5.41, 5.74) is 5.77. The Labute approximate surface area is 71.4 Å². The van der Waals surface area contributed by atoms with E-state index in [1.807, 2.05) is 6.07 Å². The Morgan fingerprint density at radius 1 is 1.42 bits per heavy atom. The summed E-state index contributed by atoms with van der Waals surface area (Å²) in [7, 11) is 0. The van der Waals surface area contributed by atoms with Crippen LogP contribution in [0.2, 0.25) is 0 Å². The molecule has 0 saturated carbocycles. The minimum atomic E-state index is 0.286. The van der Waals surface area contributed by atoms with E-state index in [9.17, 15) is 0 Å². The lowest BCUT2D eigenvalue weighted by Gasteiger charge is -2.14. The van der Waals surface area contributed by atoms with Crippen LogP contribution in [0.1, 0.15) is 6.42 Å². The highest BCUT2D eigenvalue weighted by atomic mass is 15.3. The van der Waals surface area contributed by atoms with Crippen LogP contribution >= 0.6 is 0 Å². The van der Waals surface area contributed by atoms with Crippen molar-refractivity contribution < 1.29 is 0 Å². The van der Waals surface area contributed by atoms with E-state index in [4.69, 9.17) is 5.73 Å². The molecule has 2 rings (SSSR count). The normalized spacial score (nSPS) is 23.1. The third kappa shape index (κ3) is 1.38. The highest BCUT2D eigenvalue weighted by Gasteiger charge is 2.20. The molecule has 0 spiro atoms. The summed E-state index contributed by atoms with van der Waals surface area (Å²) in [5, 5.41) is 0. The standard InChI is InChI=1S/C8H12N4/c9-7-2-5-12(6-7)8-10-3-1-4-11-8/h1,3-4,7H,2,5-6,9H2/t7-/m1/s1. The van der Waals surface area contributed by atoms with Crippen molar-refractivity contribution in [2.75, 3.05) is 18.0 Å². The number of nitrogens with zero attached hydrogens (tertiary/aromatic N) is 3. The molecule has 2 N–H and O–H groups in total. The van der Waals surface area contributed by atoms with Crippen molar-refractivity contribution in [3.8, 4) is 0 Å². The summed E-state index contributed by atoms with van der Waals surface area (Å²) >= 11 is 0. The molecule has 1 aliphatic rings. The SMILES string of the molecule is N[C@@H]1CCN(c2ncccn2)C1. The number of hydrogen-bond donors (Lipinski definition) is 1. The first kappa shape index (κ1) is 7.49. The number of nitrogens with two attached hydrogens (primary N) is 1. The van der Waals surface area contributed by atoms with Crippen LogP contribution < -0.4 is 10.6 Å². The van der Waals surface area contributed by atoms with Crippen molar-refractivity contribution in [3.63, 3.8) is 0 Å². The van der Waals surface area contributed by atoms with Crippen LogP contribution in [0, 0.1) is 0 Å². The Morgan fingerprint density at radius 3 is 2.75 bits per heavy atom. The van der Waals surface area contributed by atoms with E-state index < -0.39 is 0 Å². The first-order valence-electron chi connectivity index (χ1n) is 4.14. The monoisotopic (exact) mass is 164 g/mol. The minimum Gasteiger partial charge on any atom is -0.339 e. The van der Waals surface area contributed by atoms with Gasteiger partial charge in [0, 0.05) is 31.5 Å². The molecule has 4 nitrogen and oxygen atoms in total. The van der Waals surface area contributed by atoms with Gasteiger partial charge in [-0.2, -0.15) is 0 Å². The van der Waals surface area contributed by atoms with E-state index in [0.29, 0.717) is 0 Å². The molecule has 0 bridgehead atoms. The second-order valence-electron chi connectivity index (χ2n) is 3.04. The van der Waals surface area contributed by atoms with Crippen LogP contribution in [-0.2, 0) is 0 Å². The van der Waals surface area contributed by atoms with Crippen molar-refractivity contribution in [3.05, 3.63) is 18.5 Å². The molecule has 0 radical (unpaired) electrons. The van der Waals surface area contributed by atoms with Crippen LogP contribution in [0.25, 0.3) is 0 Å². The van der Waals surface area contributed by atoms with Crippen molar-refractivity contribution in [1.82, 2.24) is 9.97 Å². The van der Waals surface area contributed by atoms with Gasteiger partial charge >= 0.3 is 0 Å². The minimum absolute atomic E-state index is 0.286. The molecule has 1 aliphatic heterocycles. The number of hydrogen-bond acceptors (Lipinski definition) is 4. The Hall–Kier alpha value is -1.16. The van der Waals surface area contributed by atoms with E-state index >= 15 is 0 Å². The van der Waals surface area contributed by atoms with Crippen molar-refractivity contribution >= 4 is 5.95 Å². The zero-order valence-electron chi connectivity index (χ0n) is 6.85. The smallest absolute Gasteiger partial charge is 0.225 e. The molecule has 1 fully saturated rings. The average molecular weight is 164 g/mol. The second kappa shape index (κ2) is 3.06. The van der Waals surface area contributed by atoms with Gasteiger partial charge in [0.25, 0.3) is 0 Å². The molecule has 0 unspecified atom stereocenters. The van der Waals surface area contributed by atoms with Crippen LogP contribution in [0.15, 0.2) is 18.5 Å². The second-order valence-corrected chi connectivity index (χ2v) is 3.04. The highest BCUT2D eigenvalue weighted by Crippen LogP contribution is 2.12. The maximum atomic E-state index is 5.77. The zero-order chi connectivity index (χ0) is 8.39. The van der Waals surface area contributed by atoms with Gasteiger partial charge in [-0.15, -0.1) is 0 Å². The van der Waals surface area contributed by atoms with Crippen molar-refractivity contribution in [2.24, 2.45) is 5.73 Å². The number of aromatic nitrogens is 2. The third-order valence-corrected chi connectivity index (χ3v) is 2.06. The molecule has 4 heteroatoms. The maximum Gasteiger partial charge on any atom is 0.225 e. The van der Waals surface area contributed by atoms with Gasteiger partial charge < -0.3 is 10.6 Å². The van der Waals surface area contributed by atoms with Gasteiger partial charge in [0.05, 0.1) is 0 Å². The first-order valence-corrected chi connectivity index (χ1v) is 4.14. The summed E-state index contributed by atoms with van der Waals surface area (Å²) < 4.78 is 0. The summed E-state index contributed by atoms with van der Waals surface area (Å²) in [6.07, 6.45) is 4.55. The Bertz CT molecular complexity index is 248. The molecule has 0 amide bonds. The topological polar surface area (TPSA) is 55.0 Å². The predicted molar refractivity (Wildman–Crippen MR) is 46.8 cm³/mol. The summed E-state index contributed by atoms with van der Waals surface area (Å²) in [6, 6.07) is 2.10. The fraction of sp³-hybridized carbons (Fsp3) is 0.500. The fourth-order valence-electron chi connectivity index (χ4n) is 1.42. The van der Waals surface area contributed by atoms with Gasteiger partial charge in [-0.1, -0.05) is 0 Å². The van der Waals surface area contributed by atoms with E-state index in [1.165, 1.54) is 0 Å². The Morgan fingerprint density at radius 2 is 2.17 bits per heavy atom. The van der Waals surface area contributed by atoms with Crippen LogP contribution in [0.5, 0.6) is 0 Å². The lowest BCUT2D eigenvalue weighted by atomic mass is 10.3. The molecule has 1 aromatic heterocycles. The molecule has 12 heavy (non-hydrogen) atoms. The molecular formula is C8H12N4. The quantitative estimate of drug-likeness (QED) is 0.635. The molecular weight excluding hydrogens is 152 g/mol. The maximum absolute atomic E-state index is 5.77. The predicted octanol–water partition coefficient (Wildman–Crippen LogP) is 0.0140. The van der Waals surface area contributed by atoms with E-state index in [2.05, 4.69) is 14.9 Å². The van der Waals surface area contributed by atoms with Gasteiger partial charge in [0.2, 0.25) is 5.95 Å². The summed E-state index contributed by atoms with van der Waals surface area (Å²) in [4.78, 5) is 10.4. The average Bonchev–Trinajstić information content (AvgIpc) is 2.54. The molecule has 1 aromatic rings. The molecule has 0 aromatic carbocycles. The van der Waals surface area contributed by atoms with Gasteiger partial charge in [0.15, 0.2) is 0 Å². The molecule has 1 saturated heterocycles. The Balaban J connectivity index is 2.11. The largest absolute Gasteiger partial charge is 0.339 e. The van der Waals surface area contributed by atoms with E-state index in [1.54, 1.807) is 12.4 Å². The molecule has 0 aliphatic carbocycles. The first-order chi connectivity index (χ1) is 5.86. The highest BCUT2D eigenvalue weighted by molar-refractivity contribution is 5.30. The van der Waals surface area contributed by atoms with Crippen LogP contribution in [-0.4, -0.2) is 29.1 Å². The Kier molecular flexibility index (Phi) is 1.91. The number of anilines is 1. The zero-order valence-corrected chi connectivity index (χ0v) is 6.85. The summed E-state index contributed by atoms with van der Waals surface area (Å²) in [5.74, 6) is 0.797. The van der Waals surface area contributed by atoms with Gasteiger partial charge in [-0.25, -0.2) is 9.97 Å². The van der Waals surface area contributed by atoms with Crippen molar-refractivity contribution in [1.29, 1.82) is 0 Å².